The summed E-state index contributed by atoms with van der Waals surface area (Å²) in [4.78, 5) is 6.78. The van der Waals surface area contributed by atoms with Crippen LogP contribution in [0, 0.1) is 5.92 Å². The molecule has 1 aliphatic rings. The van der Waals surface area contributed by atoms with Gasteiger partial charge in [-0.2, -0.15) is 0 Å². The van der Waals surface area contributed by atoms with Crippen molar-refractivity contribution in [2.75, 3.05) is 40.4 Å². The van der Waals surface area contributed by atoms with Crippen LogP contribution >= 0.6 is 0 Å². The highest BCUT2D eigenvalue weighted by Gasteiger charge is 2.24. The average molecular weight is 317 g/mol. The fourth-order valence-corrected chi connectivity index (χ4v) is 3.20. The van der Waals surface area contributed by atoms with Crippen LogP contribution in [0.25, 0.3) is 0 Å². The fourth-order valence-electron chi connectivity index (χ4n) is 3.20. The predicted octanol–water partition coefficient (Wildman–Crippen LogP) is 2.94. The van der Waals surface area contributed by atoms with Crippen molar-refractivity contribution in [3.05, 3.63) is 35.9 Å². The quantitative estimate of drug-likeness (QED) is 0.455. The first-order valence-electron chi connectivity index (χ1n) is 8.82. The van der Waals surface area contributed by atoms with Crippen LogP contribution in [0.4, 0.5) is 0 Å². The monoisotopic (exact) mass is 317 g/mol. The molecule has 1 saturated heterocycles. The van der Waals surface area contributed by atoms with Gasteiger partial charge in [-0.25, -0.2) is 0 Å². The molecule has 4 nitrogen and oxygen atoms in total. The van der Waals surface area contributed by atoms with E-state index < -0.39 is 0 Å². The third-order valence-corrected chi connectivity index (χ3v) is 4.47. The van der Waals surface area contributed by atoms with Crippen molar-refractivity contribution in [2.45, 2.75) is 32.1 Å². The van der Waals surface area contributed by atoms with Gasteiger partial charge in [-0.15, -0.1) is 0 Å². The number of nitrogens with one attached hydrogen (secondary N) is 1. The van der Waals surface area contributed by atoms with E-state index in [-0.39, 0.29) is 0 Å². The zero-order chi connectivity index (χ0) is 16.3. The first-order valence-corrected chi connectivity index (χ1v) is 8.82. The van der Waals surface area contributed by atoms with Crippen LogP contribution in [-0.4, -0.2) is 51.3 Å². The second-order valence-electron chi connectivity index (χ2n) is 6.33. The summed E-state index contributed by atoms with van der Waals surface area (Å²) in [6.07, 6.45) is 6.09. The van der Waals surface area contributed by atoms with Crippen molar-refractivity contribution in [1.82, 2.24) is 10.2 Å². The number of nitrogens with zero attached hydrogens (tertiary/aromatic N) is 2. The summed E-state index contributed by atoms with van der Waals surface area (Å²) >= 11 is 0. The number of hydrogen-bond donors (Lipinski definition) is 1. The summed E-state index contributed by atoms with van der Waals surface area (Å²) in [5, 5.41) is 3.51. The van der Waals surface area contributed by atoms with Crippen LogP contribution in [-0.2, 0) is 11.2 Å². The Morgan fingerprint density at radius 3 is 2.83 bits per heavy atom. The van der Waals surface area contributed by atoms with Gasteiger partial charge in [-0.3, -0.25) is 4.99 Å². The van der Waals surface area contributed by atoms with E-state index >= 15 is 0 Å². The maximum Gasteiger partial charge on any atom is 0.193 e. The number of guanidine groups is 1. The lowest BCUT2D eigenvalue weighted by Gasteiger charge is -2.21. The van der Waals surface area contributed by atoms with Crippen LogP contribution < -0.4 is 5.32 Å². The molecule has 0 aliphatic carbocycles. The zero-order valence-corrected chi connectivity index (χ0v) is 14.6. The molecule has 4 heteroatoms. The Bertz CT molecular complexity index is 461. The van der Waals surface area contributed by atoms with Crippen LogP contribution in [0.3, 0.4) is 0 Å². The van der Waals surface area contributed by atoms with E-state index in [1.807, 2.05) is 7.05 Å². The van der Waals surface area contributed by atoms with Crippen LogP contribution in [0.15, 0.2) is 35.3 Å². The van der Waals surface area contributed by atoms with E-state index in [9.17, 15) is 0 Å². The topological polar surface area (TPSA) is 36.9 Å². The molecule has 1 fully saturated rings. The van der Waals surface area contributed by atoms with Crippen LogP contribution in [0.2, 0.25) is 0 Å². The van der Waals surface area contributed by atoms with Gasteiger partial charge in [0.2, 0.25) is 0 Å². The highest BCUT2D eigenvalue weighted by Crippen LogP contribution is 2.16. The summed E-state index contributed by atoms with van der Waals surface area (Å²) in [6, 6.07) is 10.7. The summed E-state index contributed by atoms with van der Waals surface area (Å²) < 4.78 is 5.26. The normalized spacial score (nSPS) is 18.4. The molecule has 0 bridgehead atoms. The zero-order valence-electron chi connectivity index (χ0n) is 14.6. The number of unbranched alkanes of at least 4 members (excludes halogenated alkanes) is 2. The Balaban J connectivity index is 1.57. The van der Waals surface area contributed by atoms with Crippen molar-refractivity contribution in [1.29, 1.82) is 0 Å². The lowest BCUT2D eigenvalue weighted by Crippen LogP contribution is -2.40. The number of benzene rings is 1. The molecule has 1 aromatic rings. The molecule has 1 atom stereocenters. The lowest BCUT2D eigenvalue weighted by molar-refractivity contribution is 0.157. The van der Waals surface area contributed by atoms with Crippen molar-refractivity contribution in [2.24, 2.45) is 10.9 Å². The van der Waals surface area contributed by atoms with E-state index in [1.165, 1.54) is 37.7 Å². The second-order valence-corrected chi connectivity index (χ2v) is 6.33. The van der Waals surface area contributed by atoms with Gasteiger partial charge in [0.25, 0.3) is 0 Å². The second kappa shape index (κ2) is 10.3. The average Bonchev–Trinajstić information content (AvgIpc) is 3.04. The maximum absolute atomic E-state index is 5.26. The van der Waals surface area contributed by atoms with Crippen LogP contribution in [0.5, 0.6) is 0 Å². The largest absolute Gasteiger partial charge is 0.384 e. The highest BCUT2D eigenvalue weighted by atomic mass is 16.5. The standard InChI is InChI=1S/C19H31N3O/c1-20-19(22-14-12-18(15-22)16-23-2)21-13-8-4-7-11-17-9-5-3-6-10-17/h3,5-6,9-10,18H,4,7-8,11-16H2,1-2H3,(H,20,21). The Kier molecular flexibility index (Phi) is 7.95. The van der Waals surface area contributed by atoms with Crippen molar-refractivity contribution in [3.8, 4) is 0 Å². The molecule has 23 heavy (non-hydrogen) atoms. The third kappa shape index (κ3) is 6.22. The first kappa shape index (κ1) is 17.8. The maximum atomic E-state index is 5.26. The number of aliphatic imine (C=N–C) groups is 1. The smallest absolute Gasteiger partial charge is 0.193 e. The number of aryl methyl sites for hydroxylation is 1. The minimum Gasteiger partial charge on any atom is -0.384 e. The Labute approximate surface area is 140 Å². The fraction of sp³-hybridized carbons (Fsp3) is 0.632. The lowest BCUT2D eigenvalue weighted by atomic mass is 10.1. The minimum absolute atomic E-state index is 0.643. The van der Waals surface area contributed by atoms with Gasteiger partial charge in [0.15, 0.2) is 5.96 Å². The Morgan fingerprint density at radius 1 is 1.26 bits per heavy atom. The van der Waals surface area contributed by atoms with Gasteiger partial charge in [-0.1, -0.05) is 36.8 Å². The van der Waals surface area contributed by atoms with Gasteiger partial charge in [0.05, 0.1) is 6.61 Å². The van der Waals surface area contributed by atoms with E-state index in [2.05, 4.69) is 45.5 Å². The van der Waals surface area contributed by atoms with Crippen molar-refractivity contribution in [3.63, 3.8) is 0 Å². The molecular formula is C19H31N3O. The summed E-state index contributed by atoms with van der Waals surface area (Å²) in [7, 11) is 3.66. The highest BCUT2D eigenvalue weighted by molar-refractivity contribution is 5.80. The number of likely N-dealkylation sites (tertiary alicyclic amines) is 1. The number of hydrogen-bond acceptors (Lipinski definition) is 2. The van der Waals surface area contributed by atoms with E-state index in [0.717, 1.165) is 32.2 Å². The van der Waals surface area contributed by atoms with E-state index in [0.29, 0.717) is 5.92 Å². The van der Waals surface area contributed by atoms with Crippen molar-refractivity contribution < 1.29 is 4.74 Å². The predicted molar refractivity (Wildman–Crippen MR) is 96.9 cm³/mol. The van der Waals surface area contributed by atoms with Crippen molar-refractivity contribution >= 4 is 5.96 Å². The number of rotatable bonds is 8. The number of ether oxygens (including phenoxy) is 1. The molecule has 1 N–H and O–H groups in total. The molecule has 128 valence electrons. The van der Waals surface area contributed by atoms with Gasteiger partial charge in [-0.05, 0) is 31.2 Å². The van der Waals surface area contributed by atoms with E-state index in [4.69, 9.17) is 4.74 Å². The molecule has 1 unspecified atom stereocenters. The summed E-state index contributed by atoms with van der Waals surface area (Å²) in [6.45, 7) is 4.00. The molecule has 0 amide bonds. The van der Waals surface area contributed by atoms with Gasteiger partial charge in [0, 0.05) is 39.7 Å². The number of methoxy groups -OCH3 is 1. The molecule has 1 heterocycles. The van der Waals surface area contributed by atoms with Gasteiger partial charge >= 0.3 is 0 Å². The summed E-state index contributed by atoms with van der Waals surface area (Å²) in [5.41, 5.74) is 1.44. The summed E-state index contributed by atoms with van der Waals surface area (Å²) in [5.74, 6) is 1.69. The molecular weight excluding hydrogens is 286 g/mol. The molecule has 1 aromatic carbocycles. The molecule has 2 rings (SSSR count). The van der Waals surface area contributed by atoms with E-state index in [1.54, 1.807) is 7.11 Å². The SMILES string of the molecule is CN=C(NCCCCCc1ccccc1)N1CCC(COC)C1. The minimum atomic E-state index is 0.643. The van der Waals surface area contributed by atoms with Gasteiger partial charge in [0.1, 0.15) is 0 Å². The molecule has 0 spiro atoms. The Hall–Kier alpha value is -1.55. The molecule has 0 aromatic heterocycles. The molecule has 0 saturated carbocycles. The first-order chi connectivity index (χ1) is 11.3. The molecule has 0 radical (unpaired) electrons. The van der Waals surface area contributed by atoms with Crippen LogP contribution in [0.1, 0.15) is 31.2 Å². The Morgan fingerprint density at radius 2 is 2.09 bits per heavy atom. The van der Waals surface area contributed by atoms with Gasteiger partial charge < -0.3 is 15.0 Å². The molecule has 1 aliphatic heterocycles. The third-order valence-electron chi connectivity index (χ3n) is 4.47.